The van der Waals surface area contributed by atoms with E-state index in [1.54, 1.807) is 0 Å². The third kappa shape index (κ3) is 2.80. The second kappa shape index (κ2) is 5.54. The Balaban J connectivity index is 1.96. The molecule has 1 saturated heterocycles. The summed E-state index contributed by atoms with van der Waals surface area (Å²) in [7, 11) is 0. The Morgan fingerprint density at radius 2 is 2.18 bits per heavy atom. The lowest BCUT2D eigenvalue weighted by Crippen LogP contribution is -2.31. The molecule has 96 valence electrons. The predicted molar refractivity (Wildman–Crippen MR) is 69.3 cm³/mol. The molecule has 0 amide bonds. The average Bonchev–Trinajstić information content (AvgIpc) is 2.71. The van der Waals surface area contributed by atoms with Crippen LogP contribution in [0.25, 0.3) is 0 Å². The SMILES string of the molecule is CCc1[nH]nc(N[C@H](C)C2CCOCC2)c1C. The van der Waals surface area contributed by atoms with Gasteiger partial charge in [0, 0.05) is 30.5 Å². The molecule has 1 aromatic heterocycles. The predicted octanol–water partition coefficient (Wildman–Crippen LogP) is 2.51. The van der Waals surface area contributed by atoms with Gasteiger partial charge < -0.3 is 10.1 Å². The van der Waals surface area contributed by atoms with Gasteiger partial charge in [0.05, 0.1) is 0 Å². The summed E-state index contributed by atoms with van der Waals surface area (Å²) in [4.78, 5) is 0. The molecule has 1 aromatic rings. The molecule has 0 bridgehead atoms. The molecule has 2 rings (SSSR count). The Bertz CT molecular complexity index is 356. The van der Waals surface area contributed by atoms with E-state index in [2.05, 4.69) is 36.3 Å². The van der Waals surface area contributed by atoms with Gasteiger partial charge in [0.1, 0.15) is 0 Å². The van der Waals surface area contributed by atoms with Crippen molar-refractivity contribution in [2.75, 3.05) is 18.5 Å². The summed E-state index contributed by atoms with van der Waals surface area (Å²) in [6.45, 7) is 8.32. The van der Waals surface area contributed by atoms with E-state index < -0.39 is 0 Å². The summed E-state index contributed by atoms with van der Waals surface area (Å²) in [5.74, 6) is 1.71. The number of hydrogen-bond donors (Lipinski definition) is 2. The molecule has 0 unspecified atom stereocenters. The van der Waals surface area contributed by atoms with Crippen LogP contribution in [0.15, 0.2) is 0 Å². The van der Waals surface area contributed by atoms with Crippen LogP contribution < -0.4 is 5.32 Å². The second-order valence-electron chi connectivity index (χ2n) is 4.91. The number of nitrogens with zero attached hydrogens (tertiary/aromatic N) is 1. The van der Waals surface area contributed by atoms with Crippen LogP contribution in [0.3, 0.4) is 0 Å². The van der Waals surface area contributed by atoms with Crippen molar-refractivity contribution in [3.63, 3.8) is 0 Å². The van der Waals surface area contributed by atoms with Crippen LogP contribution in [-0.4, -0.2) is 29.5 Å². The molecular weight excluding hydrogens is 214 g/mol. The Morgan fingerprint density at radius 1 is 1.47 bits per heavy atom. The molecular formula is C13H23N3O. The molecule has 0 aromatic carbocycles. The van der Waals surface area contributed by atoms with Gasteiger partial charge in [-0.25, -0.2) is 0 Å². The number of aromatic amines is 1. The zero-order valence-electron chi connectivity index (χ0n) is 11.0. The highest BCUT2D eigenvalue weighted by Crippen LogP contribution is 2.23. The van der Waals surface area contributed by atoms with Crippen molar-refractivity contribution in [3.05, 3.63) is 11.3 Å². The van der Waals surface area contributed by atoms with Gasteiger partial charge in [0.25, 0.3) is 0 Å². The first-order chi connectivity index (χ1) is 8.22. The molecule has 0 saturated carbocycles. The van der Waals surface area contributed by atoms with E-state index in [1.807, 2.05) is 0 Å². The van der Waals surface area contributed by atoms with Gasteiger partial charge in [-0.1, -0.05) is 6.92 Å². The van der Waals surface area contributed by atoms with Gasteiger partial charge in [0.2, 0.25) is 0 Å². The van der Waals surface area contributed by atoms with Gasteiger partial charge >= 0.3 is 0 Å². The molecule has 1 aliphatic rings. The fraction of sp³-hybridized carbons (Fsp3) is 0.769. The summed E-state index contributed by atoms with van der Waals surface area (Å²) in [5.41, 5.74) is 2.48. The molecule has 2 N–H and O–H groups in total. The summed E-state index contributed by atoms with van der Waals surface area (Å²) in [6.07, 6.45) is 3.31. The van der Waals surface area contributed by atoms with E-state index in [4.69, 9.17) is 4.74 Å². The van der Waals surface area contributed by atoms with Crippen LogP contribution in [0.5, 0.6) is 0 Å². The topological polar surface area (TPSA) is 49.9 Å². The normalized spacial score (nSPS) is 19.2. The van der Waals surface area contributed by atoms with Crippen molar-refractivity contribution >= 4 is 5.82 Å². The maximum Gasteiger partial charge on any atom is 0.151 e. The molecule has 0 radical (unpaired) electrons. The summed E-state index contributed by atoms with van der Waals surface area (Å²) >= 11 is 0. The fourth-order valence-electron chi connectivity index (χ4n) is 2.47. The van der Waals surface area contributed by atoms with Crippen molar-refractivity contribution < 1.29 is 4.74 Å². The Kier molecular flexibility index (Phi) is 4.05. The number of ether oxygens (including phenoxy) is 1. The number of rotatable bonds is 4. The highest BCUT2D eigenvalue weighted by atomic mass is 16.5. The largest absolute Gasteiger partial charge is 0.381 e. The van der Waals surface area contributed by atoms with E-state index >= 15 is 0 Å². The summed E-state index contributed by atoms with van der Waals surface area (Å²) in [6, 6.07) is 0.464. The highest BCUT2D eigenvalue weighted by Gasteiger charge is 2.21. The van der Waals surface area contributed by atoms with Gasteiger partial charge in [0.15, 0.2) is 5.82 Å². The van der Waals surface area contributed by atoms with E-state index in [1.165, 1.54) is 11.3 Å². The molecule has 17 heavy (non-hydrogen) atoms. The Labute approximate surface area is 103 Å². The van der Waals surface area contributed by atoms with Crippen molar-refractivity contribution in [1.29, 1.82) is 0 Å². The molecule has 2 heterocycles. The lowest BCUT2D eigenvalue weighted by molar-refractivity contribution is 0.0622. The lowest BCUT2D eigenvalue weighted by atomic mass is 9.93. The van der Waals surface area contributed by atoms with Crippen molar-refractivity contribution in [1.82, 2.24) is 10.2 Å². The monoisotopic (exact) mass is 237 g/mol. The number of aryl methyl sites for hydroxylation is 1. The highest BCUT2D eigenvalue weighted by molar-refractivity contribution is 5.46. The quantitative estimate of drug-likeness (QED) is 0.846. The Morgan fingerprint density at radius 3 is 2.76 bits per heavy atom. The maximum absolute atomic E-state index is 5.40. The zero-order chi connectivity index (χ0) is 12.3. The number of aromatic nitrogens is 2. The van der Waals surface area contributed by atoms with Crippen LogP contribution in [0.4, 0.5) is 5.82 Å². The third-order valence-corrected chi connectivity index (χ3v) is 3.80. The van der Waals surface area contributed by atoms with Crippen LogP contribution in [0, 0.1) is 12.8 Å². The van der Waals surface area contributed by atoms with E-state index in [0.29, 0.717) is 12.0 Å². The number of nitrogens with one attached hydrogen (secondary N) is 2. The molecule has 0 aliphatic carbocycles. The van der Waals surface area contributed by atoms with E-state index in [-0.39, 0.29) is 0 Å². The smallest absolute Gasteiger partial charge is 0.151 e. The fourth-order valence-corrected chi connectivity index (χ4v) is 2.47. The maximum atomic E-state index is 5.40. The minimum absolute atomic E-state index is 0.464. The van der Waals surface area contributed by atoms with Gasteiger partial charge in [-0.05, 0) is 39.0 Å². The van der Waals surface area contributed by atoms with E-state index in [9.17, 15) is 0 Å². The second-order valence-corrected chi connectivity index (χ2v) is 4.91. The standard InChI is InChI=1S/C13H23N3O/c1-4-12-9(2)13(16-15-12)14-10(3)11-5-7-17-8-6-11/h10-11H,4-8H2,1-3H3,(H2,14,15,16)/t10-/m1/s1. The van der Waals surface area contributed by atoms with Gasteiger partial charge in [-0.15, -0.1) is 0 Å². The van der Waals surface area contributed by atoms with Crippen LogP contribution in [0.1, 0.15) is 37.9 Å². The molecule has 4 nitrogen and oxygen atoms in total. The third-order valence-electron chi connectivity index (χ3n) is 3.80. The zero-order valence-corrected chi connectivity index (χ0v) is 11.0. The van der Waals surface area contributed by atoms with E-state index in [0.717, 1.165) is 38.3 Å². The van der Waals surface area contributed by atoms with Gasteiger partial charge in [-0.2, -0.15) is 5.10 Å². The van der Waals surface area contributed by atoms with Crippen molar-refractivity contribution in [2.24, 2.45) is 5.92 Å². The first kappa shape index (κ1) is 12.4. The first-order valence-electron chi connectivity index (χ1n) is 6.60. The van der Waals surface area contributed by atoms with Crippen LogP contribution in [-0.2, 0) is 11.2 Å². The summed E-state index contributed by atoms with van der Waals surface area (Å²) < 4.78 is 5.40. The molecule has 0 spiro atoms. The van der Waals surface area contributed by atoms with Crippen molar-refractivity contribution in [3.8, 4) is 0 Å². The van der Waals surface area contributed by atoms with Gasteiger partial charge in [-0.3, -0.25) is 5.10 Å². The lowest BCUT2D eigenvalue weighted by Gasteiger charge is -2.28. The minimum Gasteiger partial charge on any atom is -0.381 e. The number of H-pyrrole nitrogens is 1. The van der Waals surface area contributed by atoms with Crippen LogP contribution in [0.2, 0.25) is 0 Å². The molecule has 4 heteroatoms. The minimum atomic E-state index is 0.464. The van der Waals surface area contributed by atoms with Crippen LogP contribution >= 0.6 is 0 Å². The summed E-state index contributed by atoms with van der Waals surface area (Å²) in [5, 5.41) is 11.0. The average molecular weight is 237 g/mol. The van der Waals surface area contributed by atoms with Crippen molar-refractivity contribution in [2.45, 2.75) is 46.1 Å². The first-order valence-corrected chi connectivity index (χ1v) is 6.60. The molecule has 1 atom stereocenters. The Hall–Kier alpha value is -1.03. The number of anilines is 1. The molecule has 1 fully saturated rings. The number of hydrogen-bond acceptors (Lipinski definition) is 3. The molecule has 1 aliphatic heterocycles.